The number of hydrogen-bond donors (Lipinski definition) is 1. The predicted molar refractivity (Wildman–Crippen MR) is 72.8 cm³/mol. The van der Waals surface area contributed by atoms with Gasteiger partial charge in [0.15, 0.2) is 0 Å². The Kier molecular flexibility index (Phi) is 4.57. The molecule has 1 saturated carbocycles. The second kappa shape index (κ2) is 6.18. The number of likely N-dealkylation sites (N-methyl/N-ethyl adjacent to an activating group) is 1. The molecule has 0 spiro atoms. The number of nitrogens with zero attached hydrogens (tertiary/aromatic N) is 1. The quantitative estimate of drug-likeness (QED) is 0.817. The van der Waals surface area contributed by atoms with Crippen molar-refractivity contribution in [1.29, 1.82) is 0 Å². The lowest BCUT2D eigenvalue weighted by molar-refractivity contribution is 0.176. The van der Waals surface area contributed by atoms with Gasteiger partial charge in [0.05, 0.1) is 0 Å². The third-order valence-electron chi connectivity index (χ3n) is 3.87. The SMILES string of the molecule is CCN(CC1CCC1)CC(N)c1ccccc1. The molecule has 1 unspecified atom stereocenters. The summed E-state index contributed by atoms with van der Waals surface area (Å²) >= 11 is 0. The molecule has 1 aliphatic carbocycles. The third kappa shape index (κ3) is 3.55. The number of benzene rings is 1. The maximum Gasteiger partial charge on any atom is 0.0424 e. The Bertz CT molecular complexity index is 319. The summed E-state index contributed by atoms with van der Waals surface area (Å²) in [7, 11) is 0. The van der Waals surface area contributed by atoms with E-state index in [0.717, 1.165) is 19.0 Å². The first-order chi connectivity index (χ1) is 8.29. The van der Waals surface area contributed by atoms with Crippen LogP contribution in [0.5, 0.6) is 0 Å². The number of nitrogens with two attached hydrogens (primary N) is 1. The van der Waals surface area contributed by atoms with Crippen LogP contribution in [0.2, 0.25) is 0 Å². The first-order valence-corrected chi connectivity index (χ1v) is 6.82. The van der Waals surface area contributed by atoms with Gasteiger partial charge in [-0.05, 0) is 30.9 Å². The molecule has 0 saturated heterocycles. The molecule has 1 aromatic carbocycles. The molecule has 0 amide bonds. The van der Waals surface area contributed by atoms with Gasteiger partial charge in [-0.3, -0.25) is 0 Å². The molecule has 1 aromatic rings. The van der Waals surface area contributed by atoms with Crippen LogP contribution in [0.15, 0.2) is 30.3 Å². The molecule has 2 N–H and O–H groups in total. The van der Waals surface area contributed by atoms with E-state index in [4.69, 9.17) is 5.73 Å². The first-order valence-electron chi connectivity index (χ1n) is 6.82. The minimum absolute atomic E-state index is 0.149. The predicted octanol–water partition coefficient (Wildman–Crippen LogP) is 2.81. The molecule has 2 nitrogen and oxygen atoms in total. The summed E-state index contributed by atoms with van der Waals surface area (Å²) in [4.78, 5) is 2.50. The minimum atomic E-state index is 0.149. The van der Waals surface area contributed by atoms with E-state index in [2.05, 4.69) is 36.1 Å². The van der Waals surface area contributed by atoms with Gasteiger partial charge in [0.25, 0.3) is 0 Å². The highest BCUT2D eigenvalue weighted by Gasteiger charge is 2.21. The van der Waals surface area contributed by atoms with Crippen molar-refractivity contribution in [3.05, 3.63) is 35.9 Å². The van der Waals surface area contributed by atoms with Crippen LogP contribution in [0.25, 0.3) is 0 Å². The molecule has 0 bridgehead atoms. The van der Waals surface area contributed by atoms with Gasteiger partial charge in [-0.2, -0.15) is 0 Å². The monoisotopic (exact) mass is 232 g/mol. The Morgan fingerprint density at radius 2 is 2.00 bits per heavy atom. The lowest BCUT2D eigenvalue weighted by Gasteiger charge is -2.33. The molecule has 0 radical (unpaired) electrons. The van der Waals surface area contributed by atoms with Crippen LogP contribution in [0.3, 0.4) is 0 Å². The molecular weight excluding hydrogens is 208 g/mol. The molecular formula is C15H24N2. The second-order valence-electron chi connectivity index (χ2n) is 5.17. The highest BCUT2D eigenvalue weighted by molar-refractivity contribution is 5.18. The fourth-order valence-electron chi connectivity index (χ4n) is 2.46. The summed E-state index contributed by atoms with van der Waals surface area (Å²) in [5, 5.41) is 0. The fourth-order valence-corrected chi connectivity index (χ4v) is 2.46. The van der Waals surface area contributed by atoms with Crippen LogP contribution in [-0.4, -0.2) is 24.5 Å². The van der Waals surface area contributed by atoms with Gasteiger partial charge in [-0.25, -0.2) is 0 Å². The van der Waals surface area contributed by atoms with E-state index in [9.17, 15) is 0 Å². The van der Waals surface area contributed by atoms with E-state index in [1.807, 2.05) is 6.07 Å². The zero-order chi connectivity index (χ0) is 12.1. The highest BCUT2D eigenvalue weighted by atomic mass is 15.1. The van der Waals surface area contributed by atoms with E-state index < -0.39 is 0 Å². The summed E-state index contributed by atoms with van der Waals surface area (Å²) < 4.78 is 0. The Labute approximate surface area is 105 Å². The zero-order valence-electron chi connectivity index (χ0n) is 10.8. The first kappa shape index (κ1) is 12.6. The van der Waals surface area contributed by atoms with E-state index in [1.54, 1.807) is 0 Å². The Morgan fingerprint density at radius 1 is 1.29 bits per heavy atom. The summed E-state index contributed by atoms with van der Waals surface area (Å²) in [5.41, 5.74) is 7.51. The summed E-state index contributed by atoms with van der Waals surface area (Å²) in [6, 6.07) is 10.6. The summed E-state index contributed by atoms with van der Waals surface area (Å²) in [5.74, 6) is 0.929. The molecule has 0 aromatic heterocycles. The van der Waals surface area contributed by atoms with Crippen molar-refractivity contribution in [3.8, 4) is 0 Å². The Balaban J connectivity index is 1.84. The molecule has 94 valence electrons. The fraction of sp³-hybridized carbons (Fsp3) is 0.600. The van der Waals surface area contributed by atoms with Crippen LogP contribution in [0, 0.1) is 5.92 Å². The maximum atomic E-state index is 6.26. The molecule has 1 atom stereocenters. The second-order valence-corrected chi connectivity index (χ2v) is 5.17. The van der Waals surface area contributed by atoms with Crippen LogP contribution >= 0.6 is 0 Å². The summed E-state index contributed by atoms with van der Waals surface area (Å²) in [6.45, 7) is 5.56. The molecule has 2 rings (SSSR count). The van der Waals surface area contributed by atoms with E-state index >= 15 is 0 Å². The summed E-state index contributed by atoms with van der Waals surface area (Å²) in [6.07, 6.45) is 4.25. The Morgan fingerprint density at radius 3 is 2.53 bits per heavy atom. The van der Waals surface area contributed by atoms with Gasteiger partial charge in [0.1, 0.15) is 0 Å². The van der Waals surface area contributed by atoms with E-state index in [0.29, 0.717) is 0 Å². The smallest absolute Gasteiger partial charge is 0.0424 e. The largest absolute Gasteiger partial charge is 0.323 e. The highest BCUT2D eigenvalue weighted by Crippen LogP contribution is 2.27. The van der Waals surface area contributed by atoms with Crippen molar-refractivity contribution in [1.82, 2.24) is 4.90 Å². The van der Waals surface area contributed by atoms with Gasteiger partial charge < -0.3 is 10.6 Å². The van der Waals surface area contributed by atoms with Gasteiger partial charge >= 0.3 is 0 Å². The lowest BCUT2D eigenvalue weighted by atomic mass is 9.85. The van der Waals surface area contributed by atoms with Gasteiger partial charge in [0.2, 0.25) is 0 Å². The number of rotatable bonds is 6. The van der Waals surface area contributed by atoms with Gasteiger partial charge in [-0.15, -0.1) is 0 Å². The maximum absolute atomic E-state index is 6.26. The van der Waals surface area contributed by atoms with Crippen molar-refractivity contribution in [2.24, 2.45) is 11.7 Å². The standard InChI is InChI=1S/C15H24N2/c1-2-17(11-13-7-6-8-13)12-15(16)14-9-4-3-5-10-14/h3-5,9-10,13,15H,2,6-8,11-12,16H2,1H3. The molecule has 17 heavy (non-hydrogen) atoms. The van der Waals surface area contributed by atoms with Crippen molar-refractivity contribution < 1.29 is 0 Å². The van der Waals surface area contributed by atoms with Crippen LogP contribution in [0.1, 0.15) is 37.8 Å². The van der Waals surface area contributed by atoms with Gasteiger partial charge in [0, 0.05) is 19.1 Å². The van der Waals surface area contributed by atoms with Crippen LogP contribution < -0.4 is 5.73 Å². The average molecular weight is 232 g/mol. The van der Waals surface area contributed by atoms with Gasteiger partial charge in [-0.1, -0.05) is 43.7 Å². The Hall–Kier alpha value is -0.860. The normalized spacial score (nSPS) is 18.1. The number of hydrogen-bond acceptors (Lipinski definition) is 2. The molecule has 1 fully saturated rings. The zero-order valence-corrected chi connectivity index (χ0v) is 10.8. The van der Waals surface area contributed by atoms with Crippen molar-refractivity contribution in [2.75, 3.05) is 19.6 Å². The third-order valence-corrected chi connectivity index (χ3v) is 3.87. The molecule has 1 aliphatic rings. The topological polar surface area (TPSA) is 29.3 Å². The van der Waals surface area contributed by atoms with Crippen LogP contribution in [0.4, 0.5) is 0 Å². The minimum Gasteiger partial charge on any atom is -0.323 e. The lowest BCUT2D eigenvalue weighted by Crippen LogP contribution is -2.37. The van der Waals surface area contributed by atoms with Crippen LogP contribution in [-0.2, 0) is 0 Å². The molecule has 2 heteroatoms. The molecule has 0 aliphatic heterocycles. The molecule has 0 heterocycles. The average Bonchev–Trinajstić information content (AvgIpc) is 2.33. The van der Waals surface area contributed by atoms with E-state index in [1.165, 1.54) is 31.4 Å². The van der Waals surface area contributed by atoms with Crippen molar-refractivity contribution in [3.63, 3.8) is 0 Å². The van der Waals surface area contributed by atoms with Crippen molar-refractivity contribution >= 4 is 0 Å². The van der Waals surface area contributed by atoms with E-state index in [-0.39, 0.29) is 6.04 Å². The van der Waals surface area contributed by atoms with Crippen molar-refractivity contribution in [2.45, 2.75) is 32.2 Å².